The highest BCUT2D eigenvalue weighted by molar-refractivity contribution is 5.07. The average Bonchev–Trinajstić information content (AvgIpc) is 2.57. The smallest absolute Gasteiger partial charge is 0.371 e. The van der Waals surface area contributed by atoms with Gasteiger partial charge in [0.1, 0.15) is 18.3 Å². The Morgan fingerprint density at radius 3 is 2.44 bits per heavy atom. The minimum atomic E-state index is -1.14. The first-order chi connectivity index (χ1) is 7.63. The molecule has 1 aromatic heterocycles. The molecule has 1 aromatic rings. The van der Waals surface area contributed by atoms with Gasteiger partial charge in [0, 0.05) is 0 Å². The van der Waals surface area contributed by atoms with Crippen molar-refractivity contribution in [2.75, 3.05) is 12.3 Å². The summed E-state index contributed by atoms with van der Waals surface area (Å²) in [5.74, 6) is 0.1000. The molecule has 1 saturated heterocycles. The number of nitrogen functional groups attached to an aromatic ring is 1. The average molecular weight is 229 g/mol. The Balaban J connectivity index is 2.19. The summed E-state index contributed by atoms with van der Waals surface area (Å²) in [6.45, 7) is -0.370. The summed E-state index contributed by atoms with van der Waals surface area (Å²) in [6, 6.07) is 0. The molecular weight excluding hydrogens is 216 g/mol. The first kappa shape index (κ1) is 11.1. The summed E-state index contributed by atoms with van der Waals surface area (Å²) in [4.78, 5) is 7.46. The fourth-order valence-corrected chi connectivity index (χ4v) is 1.57. The topological polar surface area (TPSA) is 126 Å². The van der Waals surface area contributed by atoms with Crippen molar-refractivity contribution in [3.05, 3.63) is 12.7 Å². The zero-order valence-corrected chi connectivity index (χ0v) is 8.34. The predicted molar refractivity (Wildman–Crippen MR) is 49.6 cm³/mol. The van der Waals surface area contributed by atoms with Crippen LogP contribution in [0.25, 0.3) is 0 Å². The van der Waals surface area contributed by atoms with Crippen molar-refractivity contribution >= 4 is 5.95 Å². The number of hydrogen-bond acceptors (Lipinski definition) is 7. The lowest BCUT2D eigenvalue weighted by Crippen LogP contribution is -2.46. The van der Waals surface area contributed by atoms with Crippen molar-refractivity contribution in [1.82, 2.24) is 9.97 Å². The number of aliphatic hydroxyl groups is 3. The Morgan fingerprint density at radius 1 is 1.31 bits per heavy atom. The van der Waals surface area contributed by atoms with E-state index in [0.717, 1.165) is 0 Å². The van der Waals surface area contributed by atoms with E-state index < -0.39 is 24.5 Å². The minimum Gasteiger partial charge on any atom is -0.394 e. The molecule has 8 heteroatoms. The summed E-state index contributed by atoms with van der Waals surface area (Å²) in [6.07, 6.45) is -1.25. The molecule has 88 valence electrons. The minimum absolute atomic E-state index is 0.1000. The van der Waals surface area contributed by atoms with Crippen LogP contribution in [-0.2, 0) is 4.74 Å². The normalized spacial score (nSPS) is 34.2. The number of aliphatic hydroxyl groups excluding tert-OH is 3. The number of aromatic nitrogens is 3. The Morgan fingerprint density at radius 2 is 1.94 bits per heavy atom. The van der Waals surface area contributed by atoms with E-state index in [1.807, 2.05) is 0 Å². The van der Waals surface area contributed by atoms with Gasteiger partial charge in [-0.3, -0.25) is 0 Å². The molecule has 1 aliphatic rings. The van der Waals surface area contributed by atoms with Gasteiger partial charge >= 0.3 is 5.95 Å². The number of anilines is 1. The van der Waals surface area contributed by atoms with Crippen LogP contribution >= 0.6 is 0 Å². The van der Waals surface area contributed by atoms with Gasteiger partial charge in [-0.15, -0.1) is 0 Å². The molecule has 8 nitrogen and oxygen atoms in total. The van der Waals surface area contributed by atoms with Crippen LogP contribution in [0, 0.1) is 0 Å². The monoisotopic (exact) mass is 229 g/mol. The molecule has 0 amide bonds. The van der Waals surface area contributed by atoms with E-state index in [-0.39, 0.29) is 12.6 Å². The lowest BCUT2D eigenvalue weighted by Gasteiger charge is -2.12. The Labute approximate surface area is 91.0 Å². The van der Waals surface area contributed by atoms with Gasteiger partial charge in [-0.1, -0.05) is 9.97 Å². The van der Waals surface area contributed by atoms with Crippen LogP contribution in [0.3, 0.4) is 0 Å². The molecule has 16 heavy (non-hydrogen) atoms. The zero-order chi connectivity index (χ0) is 11.7. The molecule has 0 aromatic carbocycles. The molecule has 2 rings (SSSR count). The fourth-order valence-electron chi connectivity index (χ4n) is 1.57. The number of rotatable bonds is 2. The first-order valence-corrected chi connectivity index (χ1v) is 4.74. The van der Waals surface area contributed by atoms with Crippen molar-refractivity contribution in [3.63, 3.8) is 0 Å². The van der Waals surface area contributed by atoms with Gasteiger partial charge in [-0.05, 0) is 0 Å². The molecule has 0 saturated carbocycles. The van der Waals surface area contributed by atoms with Gasteiger partial charge < -0.3 is 25.8 Å². The van der Waals surface area contributed by atoms with Crippen LogP contribution < -0.4 is 10.3 Å². The second-order valence-electron chi connectivity index (χ2n) is 3.52. The maximum Gasteiger partial charge on any atom is 0.371 e. The van der Waals surface area contributed by atoms with Crippen LogP contribution in [0.5, 0.6) is 0 Å². The van der Waals surface area contributed by atoms with E-state index in [2.05, 4.69) is 9.97 Å². The first-order valence-electron chi connectivity index (χ1n) is 4.74. The Bertz CT molecular complexity index is 360. The number of ether oxygens (including phenoxy) is 1. The van der Waals surface area contributed by atoms with E-state index in [1.54, 1.807) is 0 Å². The van der Waals surface area contributed by atoms with E-state index >= 15 is 0 Å². The van der Waals surface area contributed by atoms with Gasteiger partial charge in [-0.2, -0.15) is 0 Å². The van der Waals surface area contributed by atoms with Crippen LogP contribution in [-0.4, -0.2) is 50.2 Å². The number of nitrogens with zero attached hydrogens (tertiary/aromatic N) is 3. The second kappa shape index (κ2) is 4.26. The van der Waals surface area contributed by atoms with Gasteiger partial charge in [0.15, 0.2) is 0 Å². The molecule has 1 aliphatic heterocycles. The fraction of sp³-hybridized carbons (Fsp3) is 0.625. The van der Waals surface area contributed by atoms with Crippen molar-refractivity contribution < 1.29 is 24.6 Å². The number of nitrogens with two attached hydrogens (primary N) is 1. The third-order valence-electron chi connectivity index (χ3n) is 2.46. The van der Waals surface area contributed by atoms with Crippen LogP contribution in [0.4, 0.5) is 5.95 Å². The van der Waals surface area contributed by atoms with Crippen molar-refractivity contribution in [3.8, 4) is 0 Å². The Hall–Kier alpha value is -1.35. The molecule has 4 atom stereocenters. The van der Waals surface area contributed by atoms with Gasteiger partial charge in [-0.25, -0.2) is 4.57 Å². The highest BCUT2D eigenvalue weighted by atomic mass is 16.6. The summed E-state index contributed by atoms with van der Waals surface area (Å²) < 4.78 is 6.63. The van der Waals surface area contributed by atoms with Crippen molar-refractivity contribution in [2.24, 2.45) is 0 Å². The standard InChI is InChI=1S/C8H12N4O4/c9-8-10-2-12(3-11-8)7-6(15)5(14)4(1-13)16-7/h2-7,9,13-15H,1H2/p+1/t4-,5-,6-,7?/m1/s1. The van der Waals surface area contributed by atoms with Gasteiger partial charge in [0.05, 0.1) is 6.61 Å². The lowest BCUT2D eigenvalue weighted by atomic mass is 10.1. The predicted octanol–water partition coefficient (Wildman–Crippen LogP) is -3.04. The summed E-state index contributed by atoms with van der Waals surface area (Å²) >= 11 is 0. The van der Waals surface area contributed by atoms with Crippen molar-refractivity contribution in [1.29, 1.82) is 0 Å². The molecule has 0 spiro atoms. The van der Waals surface area contributed by atoms with Crippen LogP contribution in [0.2, 0.25) is 0 Å². The maximum absolute atomic E-state index is 9.69. The van der Waals surface area contributed by atoms with Gasteiger partial charge in [0.25, 0.3) is 0 Å². The molecule has 2 heterocycles. The maximum atomic E-state index is 9.69. The van der Waals surface area contributed by atoms with E-state index in [9.17, 15) is 10.2 Å². The number of hydrogen-bond donors (Lipinski definition) is 4. The summed E-state index contributed by atoms with van der Waals surface area (Å²) in [5.41, 5.74) is 5.31. The highest BCUT2D eigenvalue weighted by Crippen LogP contribution is 2.24. The molecule has 1 unspecified atom stereocenters. The molecule has 0 aliphatic carbocycles. The van der Waals surface area contributed by atoms with Crippen LogP contribution in [0.15, 0.2) is 12.7 Å². The third-order valence-corrected chi connectivity index (χ3v) is 2.46. The second-order valence-corrected chi connectivity index (χ2v) is 3.52. The Kier molecular flexibility index (Phi) is 2.97. The molecule has 0 bridgehead atoms. The van der Waals surface area contributed by atoms with E-state index in [1.165, 1.54) is 17.2 Å². The third kappa shape index (κ3) is 1.83. The lowest BCUT2D eigenvalue weighted by molar-refractivity contribution is -0.770. The highest BCUT2D eigenvalue weighted by Gasteiger charge is 2.45. The van der Waals surface area contributed by atoms with Crippen molar-refractivity contribution in [2.45, 2.75) is 24.5 Å². The quantitative estimate of drug-likeness (QED) is 0.397. The van der Waals surface area contributed by atoms with E-state index in [4.69, 9.17) is 15.6 Å². The van der Waals surface area contributed by atoms with E-state index in [0.29, 0.717) is 0 Å². The van der Waals surface area contributed by atoms with Crippen LogP contribution in [0.1, 0.15) is 6.23 Å². The molecular formula is C8H13N4O4+. The largest absolute Gasteiger partial charge is 0.394 e. The SMILES string of the molecule is Nc1nc[n+](C2O[C@H](CO)[C@@H](O)[C@H]2O)cn1. The molecule has 5 N–H and O–H groups in total. The zero-order valence-electron chi connectivity index (χ0n) is 8.34. The molecule has 0 radical (unpaired) electrons. The summed E-state index contributed by atoms with van der Waals surface area (Å²) in [5, 5.41) is 28.1. The molecule has 1 fully saturated rings. The summed E-state index contributed by atoms with van der Waals surface area (Å²) in [7, 11) is 0. The van der Waals surface area contributed by atoms with Gasteiger partial charge in [0.2, 0.25) is 18.9 Å².